The lowest BCUT2D eigenvalue weighted by Gasteiger charge is -2.18. The molecule has 0 bridgehead atoms. The molecule has 1 atom stereocenters. The van der Waals surface area contributed by atoms with Crippen LogP contribution in [0.2, 0.25) is 0 Å². The van der Waals surface area contributed by atoms with Gasteiger partial charge >= 0.3 is 0 Å². The van der Waals surface area contributed by atoms with Crippen LogP contribution in [-0.2, 0) is 11.2 Å². The molecule has 0 aliphatic carbocycles. The number of carbonyl (C=O) groups excluding carboxylic acids is 1. The summed E-state index contributed by atoms with van der Waals surface area (Å²) in [4.78, 5) is 20.6. The van der Waals surface area contributed by atoms with Gasteiger partial charge in [-0.25, -0.2) is 0 Å². The van der Waals surface area contributed by atoms with Crippen molar-refractivity contribution in [3.63, 3.8) is 0 Å². The van der Waals surface area contributed by atoms with Crippen molar-refractivity contribution in [2.24, 2.45) is 0 Å². The van der Waals surface area contributed by atoms with Gasteiger partial charge in [0.1, 0.15) is 25.1 Å². The van der Waals surface area contributed by atoms with Crippen LogP contribution in [0.3, 0.4) is 0 Å². The van der Waals surface area contributed by atoms with Gasteiger partial charge in [-0.3, -0.25) is 9.78 Å². The molecule has 2 heterocycles. The van der Waals surface area contributed by atoms with Gasteiger partial charge in [-0.1, -0.05) is 32.3 Å². The monoisotopic (exact) mass is 510 g/mol. The van der Waals surface area contributed by atoms with E-state index in [1.165, 1.54) is 0 Å². The second kappa shape index (κ2) is 13.3. The fourth-order valence-corrected chi connectivity index (χ4v) is 4.36. The zero-order valence-electron chi connectivity index (χ0n) is 22.4. The molecule has 0 radical (unpaired) electrons. The van der Waals surface area contributed by atoms with E-state index in [1.807, 2.05) is 38.1 Å². The number of ether oxygens (including phenoxy) is 1. The molecule has 3 rings (SSSR count). The number of benzene rings is 1. The summed E-state index contributed by atoms with van der Waals surface area (Å²) in [6, 6.07) is 7.94. The van der Waals surface area contributed by atoms with E-state index in [0.29, 0.717) is 23.4 Å². The number of carbonyl (C=O) groups is 1. The van der Waals surface area contributed by atoms with Gasteiger partial charge in [0, 0.05) is 35.0 Å². The highest BCUT2D eigenvalue weighted by Crippen LogP contribution is 2.32. The fraction of sp³-hybridized carbons (Fsp3) is 0.500. The van der Waals surface area contributed by atoms with Crippen molar-refractivity contribution >= 4 is 5.91 Å². The Morgan fingerprint density at radius 3 is 2.51 bits per heavy atom. The van der Waals surface area contributed by atoms with E-state index in [0.717, 1.165) is 59.3 Å². The van der Waals surface area contributed by atoms with Gasteiger partial charge in [0.2, 0.25) is 11.7 Å². The third kappa shape index (κ3) is 7.36. The van der Waals surface area contributed by atoms with Crippen LogP contribution in [0.15, 0.2) is 28.8 Å². The lowest BCUT2D eigenvalue weighted by atomic mass is 9.97. The van der Waals surface area contributed by atoms with E-state index in [-0.39, 0.29) is 13.2 Å². The number of aliphatic hydroxyl groups is 2. The summed E-state index contributed by atoms with van der Waals surface area (Å²) in [6.07, 6.45) is 2.81. The largest absolute Gasteiger partial charge is 0.490 e. The maximum absolute atomic E-state index is 11.2. The molecular weight excluding hydrogens is 472 g/mol. The molecule has 1 amide bonds. The Labute approximate surface area is 218 Å². The smallest absolute Gasteiger partial charge is 0.258 e. The fourth-order valence-electron chi connectivity index (χ4n) is 4.36. The van der Waals surface area contributed by atoms with E-state index < -0.39 is 18.6 Å². The summed E-state index contributed by atoms with van der Waals surface area (Å²) in [5.41, 5.74) is 5.51. The summed E-state index contributed by atoms with van der Waals surface area (Å²) in [5, 5.41) is 25.6. The van der Waals surface area contributed by atoms with Gasteiger partial charge in [0.05, 0.1) is 0 Å². The zero-order chi connectivity index (χ0) is 26.9. The van der Waals surface area contributed by atoms with Gasteiger partial charge in [-0.2, -0.15) is 4.98 Å². The first kappa shape index (κ1) is 28.3. The molecule has 0 saturated heterocycles. The Kier molecular flexibility index (Phi) is 10.2. The second-order valence-corrected chi connectivity index (χ2v) is 9.32. The Balaban J connectivity index is 1.84. The van der Waals surface area contributed by atoms with E-state index in [2.05, 4.69) is 31.2 Å². The van der Waals surface area contributed by atoms with Crippen molar-refractivity contribution in [2.75, 3.05) is 19.8 Å². The molecule has 0 unspecified atom stereocenters. The van der Waals surface area contributed by atoms with E-state index in [4.69, 9.17) is 24.3 Å². The highest BCUT2D eigenvalue weighted by molar-refractivity contribution is 5.76. The Morgan fingerprint density at radius 2 is 1.84 bits per heavy atom. The van der Waals surface area contributed by atoms with E-state index >= 15 is 0 Å². The maximum Gasteiger partial charge on any atom is 0.258 e. The zero-order valence-corrected chi connectivity index (χ0v) is 22.4. The first-order valence-corrected chi connectivity index (χ1v) is 12.9. The van der Waals surface area contributed by atoms with Gasteiger partial charge in [0.25, 0.3) is 5.89 Å². The first-order chi connectivity index (χ1) is 17.8. The maximum atomic E-state index is 11.2. The van der Waals surface area contributed by atoms with Crippen molar-refractivity contribution in [2.45, 2.75) is 72.3 Å². The third-order valence-electron chi connectivity index (χ3n) is 6.28. The van der Waals surface area contributed by atoms with Gasteiger partial charge in [-0.05, 0) is 68.5 Å². The topological polar surface area (TPSA) is 131 Å². The number of nitrogens with zero attached hydrogens (tertiary/aromatic N) is 3. The predicted molar refractivity (Wildman–Crippen MR) is 141 cm³/mol. The summed E-state index contributed by atoms with van der Waals surface area (Å²) in [6.45, 7) is 9.72. The van der Waals surface area contributed by atoms with E-state index in [9.17, 15) is 9.90 Å². The van der Waals surface area contributed by atoms with Gasteiger partial charge in [-0.15, -0.1) is 0 Å². The minimum Gasteiger partial charge on any atom is -0.490 e. The van der Waals surface area contributed by atoms with Crippen molar-refractivity contribution in [3.05, 3.63) is 46.8 Å². The molecule has 0 fully saturated rings. The van der Waals surface area contributed by atoms with Crippen LogP contribution in [0.1, 0.15) is 68.5 Å². The quantitative estimate of drug-likeness (QED) is 0.313. The second-order valence-electron chi connectivity index (χ2n) is 9.32. The van der Waals surface area contributed by atoms with Crippen LogP contribution in [0, 0.1) is 13.8 Å². The molecule has 2 aromatic heterocycles. The van der Waals surface area contributed by atoms with Crippen molar-refractivity contribution < 1.29 is 24.3 Å². The molecule has 0 saturated carbocycles. The van der Waals surface area contributed by atoms with Crippen LogP contribution in [0.25, 0.3) is 22.8 Å². The highest BCUT2D eigenvalue weighted by atomic mass is 16.5. The minimum absolute atomic E-state index is 0.00126. The lowest BCUT2D eigenvalue weighted by Crippen LogP contribution is -2.36. The van der Waals surface area contributed by atoms with Crippen LogP contribution < -0.4 is 10.1 Å². The third-order valence-corrected chi connectivity index (χ3v) is 6.28. The molecule has 0 spiro atoms. The highest BCUT2D eigenvalue weighted by Gasteiger charge is 2.18. The summed E-state index contributed by atoms with van der Waals surface area (Å²) < 4.78 is 11.6. The van der Waals surface area contributed by atoms with Crippen LogP contribution in [0.5, 0.6) is 5.75 Å². The van der Waals surface area contributed by atoms with Crippen molar-refractivity contribution in [3.8, 4) is 28.6 Å². The minimum atomic E-state index is -0.905. The Bertz CT molecular complexity index is 1190. The van der Waals surface area contributed by atoms with Crippen LogP contribution in [0.4, 0.5) is 0 Å². The van der Waals surface area contributed by atoms with E-state index in [1.54, 1.807) is 0 Å². The summed E-state index contributed by atoms with van der Waals surface area (Å²) in [7, 11) is 0. The van der Waals surface area contributed by atoms with Crippen LogP contribution >= 0.6 is 0 Å². The molecule has 1 aromatic carbocycles. The molecule has 200 valence electrons. The number of hydrogen-bond donors (Lipinski definition) is 3. The molecule has 9 heteroatoms. The lowest BCUT2D eigenvalue weighted by molar-refractivity contribution is -0.124. The Morgan fingerprint density at radius 1 is 1.08 bits per heavy atom. The molecule has 3 aromatic rings. The van der Waals surface area contributed by atoms with Gasteiger partial charge in [0.15, 0.2) is 0 Å². The van der Waals surface area contributed by atoms with Gasteiger partial charge < -0.3 is 24.8 Å². The average molecular weight is 511 g/mol. The average Bonchev–Trinajstić information content (AvgIpc) is 3.38. The normalized spacial score (nSPS) is 12.1. The Hall–Kier alpha value is -3.30. The number of rotatable bonds is 13. The number of aryl methyl sites for hydroxylation is 3. The number of aromatic nitrogens is 3. The summed E-state index contributed by atoms with van der Waals surface area (Å²) in [5.74, 6) is 1.49. The predicted octanol–water partition coefficient (Wildman–Crippen LogP) is 4.12. The molecule has 3 N–H and O–H groups in total. The standard InChI is InChI=1S/C28H38N4O5/c1-6-9-20-12-21(10-17(4)26(20)36-16-23(34)14-29-25(35)15-33)27-31-28(37-32-27)22-11-18(5)30-24(13-22)19(7-2)8-3/h10-13,19,23,33-34H,6-9,14-16H2,1-5H3,(H,29,35)/t23-/m0/s1. The van der Waals surface area contributed by atoms with Crippen molar-refractivity contribution in [1.29, 1.82) is 0 Å². The SMILES string of the molecule is CCCc1cc(-c2noc(-c3cc(C)nc(C(CC)CC)c3)n2)cc(C)c1OC[C@@H](O)CNC(=O)CO. The number of nitrogens with one attached hydrogen (secondary N) is 1. The summed E-state index contributed by atoms with van der Waals surface area (Å²) >= 11 is 0. The first-order valence-electron chi connectivity index (χ1n) is 12.9. The molecule has 0 aliphatic heterocycles. The molecular formula is C28H38N4O5. The number of amides is 1. The van der Waals surface area contributed by atoms with Crippen LogP contribution in [-0.4, -0.2) is 57.1 Å². The molecule has 37 heavy (non-hydrogen) atoms. The molecule has 0 aliphatic rings. The number of pyridine rings is 1. The molecule has 9 nitrogen and oxygen atoms in total. The number of aliphatic hydroxyl groups excluding tert-OH is 2. The van der Waals surface area contributed by atoms with Crippen molar-refractivity contribution in [1.82, 2.24) is 20.4 Å². The number of hydrogen-bond acceptors (Lipinski definition) is 8.